The van der Waals surface area contributed by atoms with Crippen LogP contribution >= 0.6 is 0 Å². The van der Waals surface area contributed by atoms with Crippen molar-refractivity contribution >= 4 is 11.9 Å². The van der Waals surface area contributed by atoms with Crippen LogP contribution in [0, 0.1) is 6.92 Å². The molecule has 0 saturated carbocycles. The standard InChI is InChI=1S/C26H29NO7/c1-15-25-17(12-27(14-33-25)13-18-6-5-7-32-18)8-19-24(28)23(34-26(15)19)10-16-9-21(30-3)22(31-4)11-20(16)29-2/h8-11,18H,5-7,12-14H2,1-4H3/b23-10-. The lowest BCUT2D eigenvalue weighted by Gasteiger charge is -2.31. The highest BCUT2D eigenvalue weighted by Gasteiger charge is 2.34. The van der Waals surface area contributed by atoms with Crippen LogP contribution in [0.1, 0.15) is 39.9 Å². The van der Waals surface area contributed by atoms with Crippen LogP contribution in [0.2, 0.25) is 0 Å². The molecule has 5 rings (SSSR count). The largest absolute Gasteiger partial charge is 0.496 e. The third-order valence-electron chi connectivity index (χ3n) is 6.51. The second kappa shape index (κ2) is 9.19. The van der Waals surface area contributed by atoms with E-state index in [-0.39, 0.29) is 17.6 Å². The summed E-state index contributed by atoms with van der Waals surface area (Å²) >= 11 is 0. The molecule has 3 aliphatic rings. The van der Waals surface area contributed by atoms with Crippen molar-refractivity contribution in [2.75, 3.05) is 41.2 Å². The van der Waals surface area contributed by atoms with Gasteiger partial charge in [-0.2, -0.15) is 0 Å². The summed E-state index contributed by atoms with van der Waals surface area (Å²) in [6, 6.07) is 5.38. The number of carbonyl (C=O) groups excluding carboxylic acids is 1. The van der Waals surface area contributed by atoms with Crippen molar-refractivity contribution in [2.45, 2.75) is 32.4 Å². The molecule has 0 aromatic heterocycles. The maximum absolute atomic E-state index is 13.3. The Hall–Kier alpha value is -3.23. The highest BCUT2D eigenvalue weighted by Crippen LogP contribution is 2.44. The molecule has 0 aliphatic carbocycles. The second-order valence-corrected chi connectivity index (χ2v) is 8.68. The number of nitrogens with zero attached hydrogens (tertiary/aromatic N) is 1. The van der Waals surface area contributed by atoms with E-state index in [0.717, 1.165) is 42.9 Å². The molecular formula is C26H29NO7. The average molecular weight is 468 g/mol. The first-order chi connectivity index (χ1) is 16.5. The fraction of sp³-hybridized carbons (Fsp3) is 0.423. The van der Waals surface area contributed by atoms with Gasteiger partial charge >= 0.3 is 0 Å². The molecule has 8 heteroatoms. The predicted octanol–water partition coefficient (Wildman–Crippen LogP) is 3.97. The Morgan fingerprint density at radius 2 is 1.82 bits per heavy atom. The SMILES string of the molecule is COc1cc(OC)c(OC)cc1/C=C1\Oc2c(cc3c(c2C)OCN(CC2CCCO2)C3)C1=O. The highest BCUT2D eigenvalue weighted by molar-refractivity contribution is 6.15. The van der Waals surface area contributed by atoms with Gasteiger partial charge in [0.1, 0.15) is 24.0 Å². The number of ether oxygens (including phenoxy) is 6. The number of rotatable bonds is 6. The quantitative estimate of drug-likeness (QED) is 0.591. The summed E-state index contributed by atoms with van der Waals surface area (Å²) in [6.07, 6.45) is 4.10. The van der Waals surface area contributed by atoms with Crippen LogP contribution in [0.25, 0.3) is 6.08 Å². The fourth-order valence-electron chi connectivity index (χ4n) is 4.80. The molecule has 2 aromatic rings. The fourth-order valence-corrected chi connectivity index (χ4v) is 4.80. The summed E-state index contributed by atoms with van der Waals surface area (Å²) in [5, 5.41) is 0. The number of allylic oxidation sites excluding steroid dienone is 1. The smallest absolute Gasteiger partial charge is 0.231 e. The minimum Gasteiger partial charge on any atom is -0.496 e. The number of ketones is 1. The van der Waals surface area contributed by atoms with Crippen LogP contribution in [-0.4, -0.2) is 58.0 Å². The molecule has 1 atom stereocenters. The van der Waals surface area contributed by atoms with E-state index in [4.69, 9.17) is 28.4 Å². The zero-order valence-corrected chi connectivity index (χ0v) is 19.9. The molecule has 34 heavy (non-hydrogen) atoms. The summed E-state index contributed by atoms with van der Waals surface area (Å²) in [7, 11) is 4.68. The Bertz CT molecular complexity index is 1150. The van der Waals surface area contributed by atoms with Crippen LogP contribution in [0.5, 0.6) is 28.7 Å². The van der Waals surface area contributed by atoms with Crippen molar-refractivity contribution in [1.82, 2.24) is 4.90 Å². The number of benzene rings is 2. The predicted molar refractivity (Wildman–Crippen MR) is 125 cm³/mol. The monoisotopic (exact) mass is 467 g/mol. The van der Waals surface area contributed by atoms with Crippen LogP contribution in [0.15, 0.2) is 24.0 Å². The van der Waals surface area contributed by atoms with E-state index >= 15 is 0 Å². The number of carbonyl (C=O) groups is 1. The van der Waals surface area contributed by atoms with E-state index < -0.39 is 0 Å². The maximum Gasteiger partial charge on any atom is 0.231 e. The molecule has 0 spiro atoms. The molecule has 1 fully saturated rings. The van der Waals surface area contributed by atoms with Crippen LogP contribution in [-0.2, 0) is 11.3 Å². The lowest BCUT2D eigenvalue weighted by Crippen LogP contribution is -2.37. The van der Waals surface area contributed by atoms with E-state index in [1.807, 2.05) is 13.0 Å². The normalized spacial score (nSPS) is 20.5. The lowest BCUT2D eigenvalue weighted by molar-refractivity contribution is 0.0276. The third kappa shape index (κ3) is 3.97. The molecule has 1 unspecified atom stereocenters. The molecule has 3 heterocycles. The van der Waals surface area contributed by atoms with Crippen molar-refractivity contribution in [1.29, 1.82) is 0 Å². The molecule has 0 radical (unpaired) electrons. The number of methoxy groups -OCH3 is 3. The van der Waals surface area contributed by atoms with Crippen LogP contribution < -0.4 is 23.7 Å². The van der Waals surface area contributed by atoms with Gasteiger partial charge in [-0.3, -0.25) is 9.69 Å². The van der Waals surface area contributed by atoms with Crippen molar-refractivity contribution in [3.05, 3.63) is 46.2 Å². The van der Waals surface area contributed by atoms with Gasteiger partial charge < -0.3 is 28.4 Å². The zero-order valence-electron chi connectivity index (χ0n) is 19.9. The average Bonchev–Trinajstić information content (AvgIpc) is 3.47. The summed E-state index contributed by atoms with van der Waals surface area (Å²) < 4.78 is 34.2. The van der Waals surface area contributed by atoms with Gasteiger partial charge in [-0.25, -0.2) is 0 Å². The Morgan fingerprint density at radius 3 is 2.53 bits per heavy atom. The van der Waals surface area contributed by atoms with Crippen molar-refractivity contribution in [3.63, 3.8) is 0 Å². The first kappa shape index (κ1) is 22.6. The molecule has 8 nitrogen and oxygen atoms in total. The van der Waals surface area contributed by atoms with Crippen molar-refractivity contribution < 1.29 is 33.2 Å². The van der Waals surface area contributed by atoms with Gasteiger partial charge in [0.15, 0.2) is 17.3 Å². The Kier molecular flexibility index (Phi) is 6.10. The topological polar surface area (TPSA) is 75.7 Å². The maximum atomic E-state index is 13.3. The summed E-state index contributed by atoms with van der Waals surface area (Å²) in [5.74, 6) is 3.00. The van der Waals surface area contributed by atoms with E-state index in [0.29, 0.717) is 47.4 Å². The molecule has 0 bridgehead atoms. The zero-order chi connectivity index (χ0) is 23.8. The first-order valence-electron chi connectivity index (χ1n) is 11.4. The number of Topliss-reactive ketones (excluding diaryl/α,β-unsaturated/α-hetero) is 1. The molecule has 0 N–H and O–H groups in total. The van der Waals surface area contributed by atoms with E-state index in [9.17, 15) is 4.79 Å². The number of fused-ring (bicyclic) bond motifs is 2. The highest BCUT2D eigenvalue weighted by atomic mass is 16.5. The summed E-state index contributed by atoms with van der Waals surface area (Å²) in [6.45, 7) is 4.78. The van der Waals surface area contributed by atoms with Crippen LogP contribution in [0.3, 0.4) is 0 Å². The van der Waals surface area contributed by atoms with Gasteiger partial charge in [0.2, 0.25) is 5.78 Å². The van der Waals surface area contributed by atoms with Crippen LogP contribution in [0.4, 0.5) is 0 Å². The van der Waals surface area contributed by atoms with Crippen molar-refractivity contribution in [2.24, 2.45) is 0 Å². The Morgan fingerprint density at radius 1 is 1.06 bits per heavy atom. The van der Waals surface area contributed by atoms with E-state index in [1.54, 1.807) is 39.5 Å². The molecule has 2 aromatic carbocycles. The lowest BCUT2D eigenvalue weighted by atomic mass is 9.99. The van der Waals surface area contributed by atoms with E-state index in [1.165, 1.54) is 0 Å². The van der Waals surface area contributed by atoms with Gasteiger partial charge in [0.25, 0.3) is 0 Å². The minimum absolute atomic E-state index is 0.172. The first-order valence-corrected chi connectivity index (χ1v) is 11.4. The Labute approximate surface area is 198 Å². The van der Waals surface area contributed by atoms with Gasteiger partial charge in [-0.15, -0.1) is 0 Å². The summed E-state index contributed by atoms with van der Waals surface area (Å²) in [5.41, 5.74) is 3.02. The second-order valence-electron chi connectivity index (χ2n) is 8.68. The molecule has 1 saturated heterocycles. The van der Waals surface area contributed by atoms with Gasteiger partial charge in [-0.05, 0) is 38.0 Å². The minimum atomic E-state index is -0.172. The number of hydrogen-bond donors (Lipinski definition) is 0. The third-order valence-corrected chi connectivity index (χ3v) is 6.51. The Balaban J connectivity index is 1.44. The van der Waals surface area contributed by atoms with Crippen molar-refractivity contribution in [3.8, 4) is 28.7 Å². The molecule has 180 valence electrons. The number of hydrogen-bond acceptors (Lipinski definition) is 8. The molecule has 0 amide bonds. The van der Waals surface area contributed by atoms with Gasteiger partial charge in [-0.1, -0.05) is 0 Å². The van der Waals surface area contributed by atoms with E-state index in [2.05, 4.69) is 4.90 Å². The van der Waals surface area contributed by atoms with Gasteiger partial charge in [0.05, 0.1) is 33.0 Å². The van der Waals surface area contributed by atoms with Gasteiger partial charge in [0, 0.05) is 42.5 Å². The molecular weight excluding hydrogens is 438 g/mol. The molecule has 3 aliphatic heterocycles. The summed E-state index contributed by atoms with van der Waals surface area (Å²) in [4.78, 5) is 15.5.